The monoisotopic (exact) mass is 414 g/mol. The van der Waals surface area contributed by atoms with Crippen LogP contribution in [0, 0.1) is 0 Å². The third kappa shape index (κ3) is 4.74. The highest BCUT2D eigenvalue weighted by molar-refractivity contribution is 6.05. The Morgan fingerprint density at radius 2 is 1.77 bits per heavy atom. The summed E-state index contributed by atoms with van der Waals surface area (Å²) >= 11 is 0. The summed E-state index contributed by atoms with van der Waals surface area (Å²) in [6.45, 7) is 7.00. The third-order valence-electron chi connectivity index (χ3n) is 5.00. The molecule has 6 nitrogen and oxygen atoms in total. The number of hydrogen-bond donors (Lipinski definition) is 1. The number of benzene rings is 3. The quantitative estimate of drug-likeness (QED) is 0.428. The van der Waals surface area contributed by atoms with Crippen molar-refractivity contribution in [3.05, 3.63) is 77.9 Å². The highest BCUT2D eigenvalue weighted by atomic mass is 16.5. The van der Waals surface area contributed by atoms with Crippen molar-refractivity contribution in [2.24, 2.45) is 0 Å². The minimum absolute atomic E-state index is 0.196. The molecule has 4 aromatic rings. The zero-order valence-electron chi connectivity index (χ0n) is 18.0. The number of ether oxygens (including phenoxy) is 1. The molecule has 31 heavy (non-hydrogen) atoms. The molecule has 1 aromatic heterocycles. The lowest BCUT2D eigenvalue weighted by Crippen LogP contribution is -2.12. The maximum absolute atomic E-state index is 12.7. The maximum atomic E-state index is 12.7. The molecule has 3 aromatic carbocycles. The lowest BCUT2D eigenvalue weighted by molar-refractivity contribution is 0.102. The molecule has 0 unspecified atom stereocenters. The van der Waals surface area contributed by atoms with Gasteiger partial charge in [-0.05, 0) is 66.4 Å². The molecule has 1 heterocycles. The molecule has 158 valence electrons. The van der Waals surface area contributed by atoms with Crippen LogP contribution in [0.25, 0.3) is 16.7 Å². The second kappa shape index (κ2) is 9.00. The van der Waals surface area contributed by atoms with E-state index in [2.05, 4.69) is 41.5 Å². The molecule has 0 saturated heterocycles. The minimum Gasteiger partial charge on any atom is -0.494 e. The van der Waals surface area contributed by atoms with Crippen molar-refractivity contribution >= 4 is 22.6 Å². The van der Waals surface area contributed by atoms with Crippen molar-refractivity contribution in [3.8, 4) is 11.4 Å². The van der Waals surface area contributed by atoms with Crippen LogP contribution in [-0.2, 0) is 0 Å². The molecule has 0 spiro atoms. The van der Waals surface area contributed by atoms with Crippen LogP contribution in [0.2, 0.25) is 0 Å². The summed E-state index contributed by atoms with van der Waals surface area (Å²) in [5.74, 6) is 0.970. The van der Waals surface area contributed by atoms with Gasteiger partial charge in [0, 0.05) is 11.3 Å². The highest BCUT2D eigenvalue weighted by Crippen LogP contribution is 2.21. The minimum atomic E-state index is -0.196. The van der Waals surface area contributed by atoms with Crippen molar-refractivity contribution in [3.63, 3.8) is 0 Å². The highest BCUT2D eigenvalue weighted by Gasteiger charge is 2.10. The first-order chi connectivity index (χ1) is 15.0. The molecule has 6 heteroatoms. The van der Waals surface area contributed by atoms with E-state index in [4.69, 9.17) is 4.74 Å². The number of carbonyl (C=O) groups excluding carboxylic acids is 1. The second-order valence-corrected chi connectivity index (χ2v) is 7.77. The Morgan fingerprint density at radius 1 is 1.00 bits per heavy atom. The lowest BCUT2D eigenvalue weighted by Gasteiger charge is -2.08. The molecule has 1 N–H and O–H groups in total. The van der Waals surface area contributed by atoms with Gasteiger partial charge in [0.05, 0.1) is 12.3 Å². The van der Waals surface area contributed by atoms with Crippen LogP contribution >= 0.6 is 0 Å². The smallest absolute Gasteiger partial charge is 0.255 e. The molecule has 0 atom stereocenters. The fourth-order valence-electron chi connectivity index (χ4n) is 3.25. The molecule has 0 fully saturated rings. The largest absolute Gasteiger partial charge is 0.494 e. The summed E-state index contributed by atoms with van der Waals surface area (Å²) in [7, 11) is 0. The molecule has 1 amide bonds. The van der Waals surface area contributed by atoms with E-state index in [1.54, 1.807) is 16.9 Å². The van der Waals surface area contributed by atoms with E-state index in [1.807, 2.05) is 49.4 Å². The van der Waals surface area contributed by atoms with E-state index in [-0.39, 0.29) is 5.91 Å². The SMILES string of the molecule is CCCOc1cccc(C(=O)Nc2ccc3nn(-c4ccc(C(C)C)cc4)nc3c2)c1. The van der Waals surface area contributed by atoms with Gasteiger partial charge in [0.2, 0.25) is 0 Å². The Labute approximate surface area is 181 Å². The Balaban J connectivity index is 1.52. The molecular weight excluding hydrogens is 388 g/mol. The Hall–Kier alpha value is -3.67. The second-order valence-electron chi connectivity index (χ2n) is 7.77. The van der Waals surface area contributed by atoms with Crippen molar-refractivity contribution in [2.45, 2.75) is 33.1 Å². The van der Waals surface area contributed by atoms with E-state index < -0.39 is 0 Å². The maximum Gasteiger partial charge on any atom is 0.255 e. The molecular formula is C25H26N4O2. The number of carbonyl (C=O) groups is 1. The standard InChI is InChI=1S/C25H26N4O2/c1-4-14-31-22-7-5-6-19(15-22)25(30)26-20-10-13-23-24(16-20)28-29(27-23)21-11-8-18(9-12-21)17(2)3/h5-13,15-17H,4,14H2,1-3H3,(H,26,30). The number of amides is 1. The first-order valence-corrected chi connectivity index (χ1v) is 10.5. The van der Waals surface area contributed by atoms with Crippen LogP contribution in [0.3, 0.4) is 0 Å². The number of fused-ring (bicyclic) bond motifs is 1. The van der Waals surface area contributed by atoms with E-state index in [0.717, 1.165) is 17.6 Å². The summed E-state index contributed by atoms with van der Waals surface area (Å²) in [4.78, 5) is 14.3. The van der Waals surface area contributed by atoms with Crippen LogP contribution in [0.15, 0.2) is 66.7 Å². The van der Waals surface area contributed by atoms with E-state index >= 15 is 0 Å². The summed E-state index contributed by atoms with van der Waals surface area (Å²) in [5.41, 5.74) is 4.86. The van der Waals surface area contributed by atoms with Crippen molar-refractivity contribution < 1.29 is 9.53 Å². The molecule has 0 aliphatic carbocycles. The van der Waals surface area contributed by atoms with Gasteiger partial charge in [0.1, 0.15) is 16.8 Å². The van der Waals surface area contributed by atoms with Crippen molar-refractivity contribution in [2.75, 3.05) is 11.9 Å². The molecule has 0 aliphatic heterocycles. The van der Waals surface area contributed by atoms with Crippen LogP contribution < -0.4 is 10.1 Å². The van der Waals surface area contributed by atoms with Gasteiger partial charge in [0.25, 0.3) is 5.91 Å². The fraction of sp³-hybridized carbons (Fsp3) is 0.240. The third-order valence-corrected chi connectivity index (χ3v) is 5.00. The average Bonchev–Trinajstić information content (AvgIpc) is 3.21. The fourth-order valence-corrected chi connectivity index (χ4v) is 3.25. The van der Waals surface area contributed by atoms with Crippen molar-refractivity contribution in [1.82, 2.24) is 15.0 Å². The van der Waals surface area contributed by atoms with Gasteiger partial charge >= 0.3 is 0 Å². The first kappa shape index (κ1) is 20.6. The Bertz CT molecular complexity index is 1200. The van der Waals surface area contributed by atoms with E-state index in [0.29, 0.717) is 35.0 Å². The molecule has 0 bridgehead atoms. The van der Waals surface area contributed by atoms with Crippen LogP contribution in [0.1, 0.15) is 49.0 Å². The number of hydrogen-bond acceptors (Lipinski definition) is 4. The summed E-state index contributed by atoms with van der Waals surface area (Å²) in [6.07, 6.45) is 0.916. The zero-order valence-corrected chi connectivity index (χ0v) is 18.0. The Morgan fingerprint density at radius 3 is 2.52 bits per heavy atom. The molecule has 0 radical (unpaired) electrons. The van der Waals surface area contributed by atoms with Gasteiger partial charge in [-0.15, -0.1) is 10.2 Å². The molecule has 4 rings (SSSR count). The predicted octanol–water partition coefficient (Wildman–Crippen LogP) is 5.59. The summed E-state index contributed by atoms with van der Waals surface area (Å²) < 4.78 is 5.62. The Kier molecular flexibility index (Phi) is 5.98. The van der Waals surface area contributed by atoms with Crippen LogP contribution in [0.5, 0.6) is 5.75 Å². The average molecular weight is 415 g/mol. The van der Waals surface area contributed by atoms with Gasteiger partial charge in [0.15, 0.2) is 0 Å². The lowest BCUT2D eigenvalue weighted by atomic mass is 10.0. The van der Waals surface area contributed by atoms with Gasteiger partial charge in [-0.25, -0.2) is 0 Å². The van der Waals surface area contributed by atoms with Gasteiger partial charge in [-0.2, -0.15) is 4.80 Å². The van der Waals surface area contributed by atoms with Gasteiger partial charge in [-0.1, -0.05) is 39.0 Å². The number of nitrogens with zero attached hydrogens (tertiary/aromatic N) is 3. The number of aromatic nitrogens is 3. The van der Waals surface area contributed by atoms with Gasteiger partial charge in [-0.3, -0.25) is 4.79 Å². The number of rotatable bonds is 7. The first-order valence-electron chi connectivity index (χ1n) is 10.5. The van der Waals surface area contributed by atoms with E-state index in [9.17, 15) is 4.79 Å². The summed E-state index contributed by atoms with van der Waals surface area (Å²) in [5, 5.41) is 12.1. The number of nitrogens with one attached hydrogen (secondary N) is 1. The molecule has 0 aliphatic rings. The summed E-state index contributed by atoms with van der Waals surface area (Å²) in [6, 6.07) is 20.9. The van der Waals surface area contributed by atoms with Gasteiger partial charge < -0.3 is 10.1 Å². The van der Waals surface area contributed by atoms with Crippen molar-refractivity contribution in [1.29, 1.82) is 0 Å². The van der Waals surface area contributed by atoms with E-state index in [1.165, 1.54) is 5.56 Å². The van der Waals surface area contributed by atoms with Crippen LogP contribution in [-0.4, -0.2) is 27.5 Å². The zero-order chi connectivity index (χ0) is 21.8. The number of anilines is 1. The normalized spacial score (nSPS) is 11.1. The molecule has 0 saturated carbocycles. The van der Waals surface area contributed by atoms with Crippen LogP contribution in [0.4, 0.5) is 5.69 Å². The topological polar surface area (TPSA) is 69.0 Å². The predicted molar refractivity (Wildman–Crippen MR) is 123 cm³/mol.